The molecule has 2 heterocycles. The lowest BCUT2D eigenvalue weighted by atomic mass is 10.2. The molecule has 0 radical (unpaired) electrons. The average Bonchev–Trinajstić information content (AvgIpc) is 3.11. The van der Waals surface area contributed by atoms with Gasteiger partial charge in [-0.15, -0.1) is 0 Å². The van der Waals surface area contributed by atoms with Crippen LogP contribution < -0.4 is 19.8 Å². The highest BCUT2D eigenvalue weighted by Gasteiger charge is 2.14. The quantitative estimate of drug-likeness (QED) is 0.539. The number of hydrogen-bond acceptors (Lipinski definition) is 6. The van der Waals surface area contributed by atoms with Gasteiger partial charge in [-0.25, -0.2) is 4.98 Å². The van der Waals surface area contributed by atoms with Crippen molar-refractivity contribution in [1.29, 1.82) is 0 Å². The zero-order chi connectivity index (χ0) is 19.7. The van der Waals surface area contributed by atoms with Gasteiger partial charge in [0, 0.05) is 11.5 Å². The van der Waals surface area contributed by atoms with E-state index in [-0.39, 0.29) is 5.56 Å². The molecule has 0 saturated carbocycles. The van der Waals surface area contributed by atoms with Gasteiger partial charge < -0.3 is 19.2 Å². The molecular formula is C20H18N4O4. The van der Waals surface area contributed by atoms with E-state index in [0.717, 1.165) is 22.2 Å². The van der Waals surface area contributed by atoms with E-state index in [4.69, 9.17) is 14.2 Å². The fourth-order valence-corrected chi connectivity index (χ4v) is 2.98. The number of aromatic amines is 1. The van der Waals surface area contributed by atoms with Crippen molar-refractivity contribution >= 4 is 28.2 Å². The lowest BCUT2D eigenvalue weighted by molar-refractivity contribution is 0.356. The van der Waals surface area contributed by atoms with Crippen molar-refractivity contribution in [3.05, 3.63) is 58.6 Å². The van der Waals surface area contributed by atoms with Gasteiger partial charge in [-0.2, -0.15) is 9.78 Å². The molecule has 4 aromatic rings. The van der Waals surface area contributed by atoms with Crippen molar-refractivity contribution in [2.45, 2.75) is 0 Å². The molecule has 28 heavy (non-hydrogen) atoms. The number of fused-ring (bicyclic) bond motifs is 3. The zero-order valence-electron chi connectivity index (χ0n) is 15.6. The van der Waals surface area contributed by atoms with Crippen molar-refractivity contribution in [3.63, 3.8) is 0 Å². The molecule has 8 nitrogen and oxygen atoms in total. The highest BCUT2D eigenvalue weighted by Crippen LogP contribution is 2.34. The van der Waals surface area contributed by atoms with Crippen molar-refractivity contribution in [1.82, 2.24) is 14.6 Å². The Balaban J connectivity index is 1.78. The summed E-state index contributed by atoms with van der Waals surface area (Å²) in [5.41, 5.74) is 2.17. The molecule has 0 bridgehead atoms. The van der Waals surface area contributed by atoms with Crippen LogP contribution in [-0.4, -0.2) is 42.2 Å². The van der Waals surface area contributed by atoms with E-state index in [1.807, 2.05) is 24.3 Å². The number of rotatable bonds is 5. The Morgan fingerprint density at radius 3 is 2.43 bits per heavy atom. The summed E-state index contributed by atoms with van der Waals surface area (Å²) in [6.45, 7) is 0. The van der Waals surface area contributed by atoms with Crippen LogP contribution in [-0.2, 0) is 0 Å². The molecule has 0 unspecified atom stereocenters. The maximum Gasteiger partial charge on any atom is 0.298 e. The van der Waals surface area contributed by atoms with E-state index >= 15 is 0 Å². The third-order valence-electron chi connectivity index (χ3n) is 4.44. The van der Waals surface area contributed by atoms with Crippen molar-refractivity contribution in [2.75, 3.05) is 21.3 Å². The van der Waals surface area contributed by atoms with Gasteiger partial charge in [0.1, 0.15) is 23.1 Å². The van der Waals surface area contributed by atoms with Gasteiger partial charge in [-0.1, -0.05) is 0 Å². The first-order chi connectivity index (χ1) is 13.6. The SMILES string of the molecule is COc1ccc(C=Nn2cnc3c([nH]c4cc(OC)c(OC)cc43)c2=O)cc1. The first kappa shape index (κ1) is 17.6. The van der Waals surface area contributed by atoms with Crippen molar-refractivity contribution < 1.29 is 14.2 Å². The molecule has 0 amide bonds. The minimum Gasteiger partial charge on any atom is -0.497 e. The summed E-state index contributed by atoms with van der Waals surface area (Å²) in [4.78, 5) is 20.3. The molecule has 142 valence electrons. The fraction of sp³-hybridized carbons (Fsp3) is 0.150. The number of H-pyrrole nitrogens is 1. The second kappa shape index (κ2) is 7.07. The van der Waals surface area contributed by atoms with E-state index in [9.17, 15) is 4.79 Å². The van der Waals surface area contributed by atoms with Crippen LogP contribution >= 0.6 is 0 Å². The standard InChI is InChI=1S/C20H18N4O4/c1-26-13-6-4-12(5-7-13)10-22-24-11-21-18-14-8-16(27-2)17(28-3)9-15(14)23-19(18)20(24)25/h4-11,23H,1-3H3. The summed E-state index contributed by atoms with van der Waals surface area (Å²) in [6.07, 6.45) is 2.98. The highest BCUT2D eigenvalue weighted by molar-refractivity contribution is 6.05. The number of aromatic nitrogens is 3. The number of ether oxygens (including phenoxy) is 3. The van der Waals surface area contributed by atoms with Crippen molar-refractivity contribution in [2.24, 2.45) is 5.10 Å². The molecule has 0 aliphatic heterocycles. The second-order valence-corrected chi connectivity index (χ2v) is 6.01. The first-order valence-corrected chi connectivity index (χ1v) is 8.48. The molecule has 0 atom stereocenters. The van der Waals surface area contributed by atoms with Crippen LogP contribution in [0.15, 0.2) is 52.6 Å². The molecule has 0 aliphatic carbocycles. The maximum absolute atomic E-state index is 12.8. The monoisotopic (exact) mass is 378 g/mol. The number of methoxy groups -OCH3 is 3. The topological polar surface area (TPSA) is 90.7 Å². The Morgan fingerprint density at radius 2 is 1.75 bits per heavy atom. The van der Waals surface area contributed by atoms with E-state index < -0.39 is 0 Å². The number of benzene rings is 2. The fourth-order valence-electron chi connectivity index (χ4n) is 2.98. The van der Waals surface area contributed by atoms with Gasteiger partial charge in [0.25, 0.3) is 5.56 Å². The predicted octanol–water partition coefficient (Wildman–Crippen LogP) is 2.79. The summed E-state index contributed by atoms with van der Waals surface area (Å²) in [5, 5.41) is 5.00. The Hall–Kier alpha value is -3.81. The van der Waals surface area contributed by atoms with Gasteiger partial charge in [0.15, 0.2) is 11.5 Å². The van der Waals surface area contributed by atoms with Gasteiger partial charge in [-0.3, -0.25) is 4.79 Å². The van der Waals surface area contributed by atoms with Crippen LogP contribution in [0, 0.1) is 0 Å². The van der Waals surface area contributed by atoms with Crippen molar-refractivity contribution in [3.8, 4) is 17.2 Å². The molecule has 0 fully saturated rings. The molecule has 0 saturated heterocycles. The van der Waals surface area contributed by atoms with Crippen LogP contribution in [0.5, 0.6) is 17.2 Å². The smallest absolute Gasteiger partial charge is 0.298 e. The average molecular weight is 378 g/mol. The van der Waals surface area contributed by atoms with E-state index in [2.05, 4.69) is 15.1 Å². The summed E-state index contributed by atoms with van der Waals surface area (Å²) < 4.78 is 17.0. The number of nitrogens with zero attached hydrogens (tertiary/aromatic N) is 3. The largest absolute Gasteiger partial charge is 0.497 e. The number of nitrogens with one attached hydrogen (secondary N) is 1. The second-order valence-electron chi connectivity index (χ2n) is 6.01. The Kier molecular flexibility index (Phi) is 4.44. The summed E-state index contributed by atoms with van der Waals surface area (Å²) >= 11 is 0. The normalized spacial score (nSPS) is 11.4. The van der Waals surface area contributed by atoms with Crippen LogP contribution in [0.25, 0.3) is 21.9 Å². The van der Waals surface area contributed by atoms with Gasteiger partial charge in [0.2, 0.25) is 0 Å². The summed E-state index contributed by atoms with van der Waals surface area (Å²) in [5.74, 6) is 1.89. The predicted molar refractivity (Wildman–Crippen MR) is 107 cm³/mol. The Bertz CT molecular complexity index is 1240. The molecule has 8 heteroatoms. The van der Waals surface area contributed by atoms with Crippen LogP contribution in [0.3, 0.4) is 0 Å². The molecule has 2 aromatic carbocycles. The molecule has 4 rings (SSSR count). The molecule has 0 spiro atoms. The minimum atomic E-state index is -0.302. The van der Waals surface area contributed by atoms with Gasteiger partial charge >= 0.3 is 0 Å². The molecule has 2 aromatic heterocycles. The lowest BCUT2D eigenvalue weighted by Crippen LogP contribution is -2.17. The van der Waals surface area contributed by atoms with Gasteiger partial charge in [-0.05, 0) is 35.9 Å². The van der Waals surface area contributed by atoms with E-state index in [0.29, 0.717) is 22.5 Å². The van der Waals surface area contributed by atoms with E-state index in [1.54, 1.807) is 39.7 Å². The summed E-state index contributed by atoms with van der Waals surface area (Å²) in [6, 6.07) is 10.9. The molecule has 1 N–H and O–H groups in total. The highest BCUT2D eigenvalue weighted by atomic mass is 16.5. The zero-order valence-corrected chi connectivity index (χ0v) is 15.6. The molecular weight excluding hydrogens is 360 g/mol. The first-order valence-electron chi connectivity index (χ1n) is 8.48. The van der Waals surface area contributed by atoms with E-state index in [1.165, 1.54) is 11.0 Å². The minimum absolute atomic E-state index is 0.302. The lowest BCUT2D eigenvalue weighted by Gasteiger charge is -2.06. The maximum atomic E-state index is 12.8. The van der Waals surface area contributed by atoms with Gasteiger partial charge in [0.05, 0.1) is 33.1 Å². The summed E-state index contributed by atoms with van der Waals surface area (Å²) in [7, 11) is 4.73. The van der Waals surface area contributed by atoms with Crippen LogP contribution in [0.4, 0.5) is 0 Å². The third-order valence-corrected chi connectivity index (χ3v) is 4.44. The van der Waals surface area contributed by atoms with Crippen LogP contribution in [0.2, 0.25) is 0 Å². The Morgan fingerprint density at radius 1 is 1.04 bits per heavy atom. The molecule has 0 aliphatic rings. The Labute approximate surface area is 160 Å². The van der Waals surface area contributed by atoms with Crippen LogP contribution in [0.1, 0.15) is 5.56 Å². The number of hydrogen-bond donors (Lipinski definition) is 1. The third kappa shape index (κ3) is 2.94.